The minimum absolute atomic E-state index is 0.122. The molecular formula is C24H26F3N3OS. The number of nitrogens with zero attached hydrogens (tertiary/aromatic N) is 3. The van der Waals surface area contributed by atoms with E-state index in [-0.39, 0.29) is 11.0 Å². The largest absolute Gasteiger partial charge is 0.494 e. The fraction of sp³-hybridized carbons (Fsp3) is 0.333. The number of rotatable bonds is 10. The summed E-state index contributed by atoms with van der Waals surface area (Å²) < 4.78 is 46.4. The van der Waals surface area contributed by atoms with Crippen molar-refractivity contribution in [3.05, 3.63) is 66.4 Å². The number of benzene rings is 2. The van der Waals surface area contributed by atoms with E-state index in [4.69, 9.17) is 4.74 Å². The zero-order valence-electron chi connectivity index (χ0n) is 18.1. The highest BCUT2D eigenvalue weighted by Gasteiger charge is 2.35. The molecule has 0 atom stereocenters. The fourth-order valence-corrected chi connectivity index (χ4v) is 3.99. The van der Waals surface area contributed by atoms with Crippen molar-refractivity contribution in [2.45, 2.75) is 49.2 Å². The van der Waals surface area contributed by atoms with Crippen LogP contribution in [0.3, 0.4) is 0 Å². The lowest BCUT2D eigenvalue weighted by Gasteiger charge is -2.22. The summed E-state index contributed by atoms with van der Waals surface area (Å²) in [7, 11) is 0. The van der Waals surface area contributed by atoms with Crippen LogP contribution in [-0.2, 0) is 6.18 Å². The van der Waals surface area contributed by atoms with E-state index in [0.29, 0.717) is 18.0 Å². The van der Waals surface area contributed by atoms with Gasteiger partial charge in [0.2, 0.25) is 5.95 Å². The molecule has 0 fully saturated rings. The second-order valence-corrected chi connectivity index (χ2v) is 8.16. The molecule has 0 aliphatic carbocycles. The van der Waals surface area contributed by atoms with Gasteiger partial charge in [-0.2, -0.15) is 13.2 Å². The van der Waals surface area contributed by atoms with Crippen LogP contribution < -0.4 is 9.64 Å². The summed E-state index contributed by atoms with van der Waals surface area (Å²) >= 11 is 0.976. The highest BCUT2D eigenvalue weighted by Crippen LogP contribution is 2.39. The molecule has 0 saturated carbocycles. The molecule has 1 heterocycles. The van der Waals surface area contributed by atoms with Gasteiger partial charge >= 0.3 is 6.18 Å². The lowest BCUT2D eigenvalue weighted by atomic mass is 10.2. The van der Waals surface area contributed by atoms with E-state index in [1.165, 1.54) is 0 Å². The Morgan fingerprint density at radius 2 is 1.69 bits per heavy atom. The standard InChI is InChI=1S/C24H26F3N3OS/c1-3-5-9-16-31-19-14-12-18(13-15-19)30(4-2)23-28-17-21(24(25,26)27)22(29-23)32-20-10-7-6-8-11-20/h6-8,10-15,17H,3-5,9,16H2,1-2H3. The Kier molecular flexibility index (Phi) is 8.39. The maximum atomic E-state index is 13.6. The molecule has 4 nitrogen and oxygen atoms in total. The average molecular weight is 462 g/mol. The minimum atomic E-state index is -4.54. The van der Waals surface area contributed by atoms with Crippen molar-refractivity contribution in [2.75, 3.05) is 18.1 Å². The van der Waals surface area contributed by atoms with Gasteiger partial charge in [0.05, 0.1) is 6.61 Å². The number of halogens is 3. The van der Waals surface area contributed by atoms with Gasteiger partial charge in [0, 0.05) is 23.3 Å². The van der Waals surface area contributed by atoms with E-state index >= 15 is 0 Å². The molecule has 0 aliphatic heterocycles. The van der Waals surface area contributed by atoms with Gasteiger partial charge in [-0.05, 0) is 49.7 Å². The second-order valence-electron chi connectivity index (χ2n) is 7.10. The van der Waals surface area contributed by atoms with Gasteiger partial charge in [-0.15, -0.1) is 0 Å². The summed E-state index contributed by atoms with van der Waals surface area (Å²) in [5.74, 6) is 0.977. The molecule has 8 heteroatoms. The van der Waals surface area contributed by atoms with Crippen LogP contribution in [0.15, 0.2) is 70.7 Å². The summed E-state index contributed by atoms with van der Waals surface area (Å²) in [6.07, 6.45) is -0.423. The summed E-state index contributed by atoms with van der Waals surface area (Å²) in [5.41, 5.74) is -0.0641. The molecule has 3 aromatic rings. The minimum Gasteiger partial charge on any atom is -0.494 e. The highest BCUT2D eigenvalue weighted by atomic mass is 32.2. The van der Waals surface area contributed by atoms with Crippen molar-refractivity contribution >= 4 is 23.4 Å². The normalized spacial score (nSPS) is 11.4. The Hall–Kier alpha value is -2.74. The zero-order chi connectivity index (χ0) is 23.0. The van der Waals surface area contributed by atoms with Crippen molar-refractivity contribution in [2.24, 2.45) is 0 Å². The van der Waals surface area contributed by atoms with Crippen LogP contribution >= 0.6 is 11.8 Å². The quantitative estimate of drug-likeness (QED) is 0.233. The summed E-state index contributed by atoms with van der Waals surface area (Å²) in [4.78, 5) is 10.8. The number of aromatic nitrogens is 2. The fourth-order valence-electron chi connectivity index (χ4n) is 3.06. The molecule has 1 aromatic heterocycles. The lowest BCUT2D eigenvalue weighted by molar-refractivity contribution is -0.140. The molecule has 0 radical (unpaired) electrons. The Balaban J connectivity index is 1.85. The Morgan fingerprint density at radius 1 is 0.969 bits per heavy atom. The Labute approximate surface area is 190 Å². The Bertz CT molecular complexity index is 982. The van der Waals surface area contributed by atoms with E-state index < -0.39 is 11.7 Å². The van der Waals surface area contributed by atoms with Crippen LogP contribution in [0.1, 0.15) is 38.7 Å². The smallest absolute Gasteiger partial charge is 0.420 e. The van der Waals surface area contributed by atoms with Crippen LogP contribution in [0.25, 0.3) is 0 Å². The topological polar surface area (TPSA) is 38.2 Å². The first kappa shape index (κ1) is 23.9. The van der Waals surface area contributed by atoms with Gasteiger partial charge in [0.1, 0.15) is 16.3 Å². The van der Waals surface area contributed by atoms with Crippen molar-refractivity contribution < 1.29 is 17.9 Å². The molecule has 0 spiro atoms. The van der Waals surface area contributed by atoms with Gasteiger partial charge in [-0.25, -0.2) is 9.97 Å². The van der Waals surface area contributed by atoms with Gasteiger partial charge in [-0.3, -0.25) is 0 Å². The molecule has 0 N–H and O–H groups in total. The monoisotopic (exact) mass is 461 g/mol. The molecule has 0 unspecified atom stereocenters. The number of hydrogen-bond acceptors (Lipinski definition) is 5. The van der Waals surface area contributed by atoms with E-state index in [9.17, 15) is 13.2 Å². The first-order valence-electron chi connectivity index (χ1n) is 10.6. The van der Waals surface area contributed by atoms with Crippen LogP contribution in [0.2, 0.25) is 0 Å². The highest BCUT2D eigenvalue weighted by molar-refractivity contribution is 7.99. The lowest BCUT2D eigenvalue weighted by Crippen LogP contribution is -2.20. The third-order valence-electron chi connectivity index (χ3n) is 4.73. The van der Waals surface area contributed by atoms with Crippen LogP contribution in [0.5, 0.6) is 5.75 Å². The molecule has 3 rings (SSSR count). The average Bonchev–Trinajstić information content (AvgIpc) is 2.78. The number of ether oxygens (including phenoxy) is 1. The molecular weight excluding hydrogens is 435 g/mol. The number of unbranched alkanes of at least 4 members (excludes halogenated alkanes) is 2. The number of anilines is 2. The summed E-state index contributed by atoms with van der Waals surface area (Å²) in [6, 6.07) is 16.3. The summed E-state index contributed by atoms with van der Waals surface area (Å²) in [6.45, 7) is 5.20. The molecule has 0 aliphatic rings. The number of alkyl halides is 3. The van der Waals surface area contributed by atoms with Crippen LogP contribution in [-0.4, -0.2) is 23.1 Å². The van der Waals surface area contributed by atoms with Gasteiger partial charge < -0.3 is 9.64 Å². The van der Waals surface area contributed by atoms with Gasteiger partial charge in [-0.1, -0.05) is 49.7 Å². The van der Waals surface area contributed by atoms with E-state index in [2.05, 4.69) is 16.9 Å². The first-order valence-corrected chi connectivity index (χ1v) is 11.4. The van der Waals surface area contributed by atoms with Crippen LogP contribution in [0.4, 0.5) is 24.8 Å². The van der Waals surface area contributed by atoms with E-state index in [1.807, 2.05) is 37.3 Å². The summed E-state index contributed by atoms with van der Waals surface area (Å²) in [5, 5.41) is -0.122. The first-order chi connectivity index (χ1) is 15.4. The predicted molar refractivity (Wildman–Crippen MR) is 122 cm³/mol. The SMILES string of the molecule is CCCCCOc1ccc(N(CC)c2ncc(C(F)(F)F)c(Sc3ccccc3)n2)cc1. The molecule has 170 valence electrons. The predicted octanol–water partition coefficient (Wildman–Crippen LogP) is 7.37. The maximum Gasteiger partial charge on any atom is 0.420 e. The van der Waals surface area contributed by atoms with E-state index in [0.717, 1.165) is 48.7 Å². The van der Waals surface area contributed by atoms with Crippen molar-refractivity contribution in [1.29, 1.82) is 0 Å². The molecule has 32 heavy (non-hydrogen) atoms. The van der Waals surface area contributed by atoms with Gasteiger partial charge in [0.25, 0.3) is 0 Å². The van der Waals surface area contributed by atoms with Crippen molar-refractivity contribution in [3.8, 4) is 5.75 Å². The second kappa shape index (κ2) is 11.2. The zero-order valence-corrected chi connectivity index (χ0v) is 18.9. The van der Waals surface area contributed by atoms with Gasteiger partial charge in [0.15, 0.2) is 0 Å². The van der Waals surface area contributed by atoms with Crippen molar-refractivity contribution in [3.63, 3.8) is 0 Å². The van der Waals surface area contributed by atoms with E-state index in [1.54, 1.807) is 29.2 Å². The Morgan fingerprint density at radius 3 is 2.31 bits per heavy atom. The molecule has 2 aromatic carbocycles. The van der Waals surface area contributed by atoms with Crippen molar-refractivity contribution in [1.82, 2.24) is 9.97 Å². The third kappa shape index (κ3) is 6.38. The molecule has 0 amide bonds. The van der Waals surface area contributed by atoms with Crippen LogP contribution in [0, 0.1) is 0 Å². The molecule has 0 bridgehead atoms. The third-order valence-corrected chi connectivity index (χ3v) is 5.74. The number of hydrogen-bond donors (Lipinski definition) is 0. The maximum absolute atomic E-state index is 13.6. The molecule has 0 saturated heterocycles.